The number of benzene rings is 1. The molecule has 0 fully saturated rings. The fraction of sp³-hybridized carbons (Fsp3) is 0.286. The lowest BCUT2D eigenvalue weighted by atomic mass is 10.1. The van der Waals surface area contributed by atoms with Crippen molar-refractivity contribution in [3.8, 4) is 11.3 Å². The number of halogens is 1. The van der Waals surface area contributed by atoms with Crippen LogP contribution in [0.2, 0.25) is 0 Å². The quantitative estimate of drug-likeness (QED) is 0.890. The number of methoxy groups -OCH3 is 1. The molecule has 0 aliphatic carbocycles. The maximum atomic E-state index is 12.9. The predicted octanol–water partition coefficient (Wildman–Crippen LogP) is 1.15. The summed E-state index contributed by atoms with van der Waals surface area (Å²) in [6.45, 7) is 0.851. The van der Waals surface area contributed by atoms with Crippen LogP contribution in [0.3, 0.4) is 0 Å². The molecule has 0 spiro atoms. The van der Waals surface area contributed by atoms with Gasteiger partial charge >= 0.3 is 0 Å². The van der Waals surface area contributed by atoms with Gasteiger partial charge < -0.3 is 10.5 Å². The highest BCUT2D eigenvalue weighted by Crippen LogP contribution is 2.16. The Kier molecular flexibility index (Phi) is 4.60. The Morgan fingerprint density at radius 3 is 2.65 bits per heavy atom. The molecule has 106 valence electrons. The average molecular weight is 277 g/mol. The molecule has 1 aromatic carbocycles. The second kappa shape index (κ2) is 6.40. The van der Waals surface area contributed by atoms with Gasteiger partial charge in [-0.15, -0.1) is 0 Å². The summed E-state index contributed by atoms with van der Waals surface area (Å²) in [5, 5.41) is 4.26. The number of rotatable bonds is 5. The van der Waals surface area contributed by atoms with Gasteiger partial charge in [-0.05, 0) is 30.3 Å². The van der Waals surface area contributed by atoms with Crippen LogP contribution >= 0.6 is 0 Å². The molecule has 20 heavy (non-hydrogen) atoms. The molecule has 2 aromatic rings. The number of nitrogens with zero attached hydrogens (tertiary/aromatic N) is 2. The Balaban J connectivity index is 2.47. The molecule has 0 bridgehead atoms. The van der Waals surface area contributed by atoms with Crippen LogP contribution in [0.4, 0.5) is 4.39 Å². The van der Waals surface area contributed by atoms with E-state index < -0.39 is 0 Å². The molecule has 0 unspecified atom stereocenters. The topological polar surface area (TPSA) is 70.1 Å². The minimum Gasteiger partial charge on any atom is -0.383 e. The molecule has 5 nitrogen and oxygen atoms in total. The molecule has 0 amide bonds. The van der Waals surface area contributed by atoms with Gasteiger partial charge in [0, 0.05) is 24.8 Å². The molecular formula is C14H16FN3O2. The van der Waals surface area contributed by atoms with Crippen molar-refractivity contribution >= 4 is 0 Å². The molecule has 0 saturated carbocycles. The zero-order chi connectivity index (χ0) is 14.5. The smallest absolute Gasteiger partial charge is 0.271 e. The molecule has 1 heterocycles. The molecule has 1 aromatic heterocycles. The second-order valence-corrected chi connectivity index (χ2v) is 4.29. The van der Waals surface area contributed by atoms with Crippen LogP contribution in [0.1, 0.15) is 5.56 Å². The summed E-state index contributed by atoms with van der Waals surface area (Å²) in [5.41, 5.74) is 7.14. The zero-order valence-electron chi connectivity index (χ0n) is 11.2. The maximum Gasteiger partial charge on any atom is 0.271 e. The van der Waals surface area contributed by atoms with E-state index in [9.17, 15) is 9.18 Å². The van der Waals surface area contributed by atoms with Crippen LogP contribution < -0.4 is 11.3 Å². The minimum absolute atomic E-state index is 0.128. The molecule has 6 heteroatoms. The summed E-state index contributed by atoms with van der Waals surface area (Å²) in [6, 6.07) is 7.57. The first-order chi connectivity index (χ1) is 9.65. The number of ether oxygens (including phenoxy) is 1. The van der Waals surface area contributed by atoms with Crippen LogP contribution in [-0.4, -0.2) is 23.5 Å². The highest BCUT2D eigenvalue weighted by molar-refractivity contribution is 5.58. The van der Waals surface area contributed by atoms with E-state index in [0.717, 1.165) is 5.56 Å². The fourth-order valence-electron chi connectivity index (χ4n) is 1.83. The zero-order valence-corrected chi connectivity index (χ0v) is 11.2. The molecule has 0 aliphatic rings. The van der Waals surface area contributed by atoms with E-state index in [4.69, 9.17) is 10.5 Å². The minimum atomic E-state index is -0.319. The van der Waals surface area contributed by atoms with E-state index in [1.54, 1.807) is 25.3 Å². The highest BCUT2D eigenvalue weighted by atomic mass is 19.1. The monoisotopic (exact) mass is 277 g/mol. The Labute approximate surface area is 115 Å². The van der Waals surface area contributed by atoms with Crippen molar-refractivity contribution in [3.05, 3.63) is 52.1 Å². The van der Waals surface area contributed by atoms with Gasteiger partial charge in [0.05, 0.1) is 18.8 Å². The lowest BCUT2D eigenvalue weighted by Crippen LogP contribution is -2.29. The van der Waals surface area contributed by atoms with E-state index in [1.165, 1.54) is 16.8 Å². The van der Waals surface area contributed by atoms with Gasteiger partial charge in [-0.2, -0.15) is 5.10 Å². The molecule has 0 saturated heterocycles. The molecule has 2 rings (SSSR count). The fourth-order valence-corrected chi connectivity index (χ4v) is 1.83. The summed E-state index contributed by atoms with van der Waals surface area (Å²) in [7, 11) is 1.55. The van der Waals surface area contributed by atoms with Crippen LogP contribution in [0.15, 0.2) is 35.1 Å². The summed E-state index contributed by atoms with van der Waals surface area (Å²) in [4.78, 5) is 12.0. The van der Waals surface area contributed by atoms with Gasteiger partial charge in [0.1, 0.15) is 5.82 Å². The van der Waals surface area contributed by atoms with Crippen molar-refractivity contribution in [1.82, 2.24) is 9.78 Å². The first kappa shape index (κ1) is 14.4. The van der Waals surface area contributed by atoms with Crippen molar-refractivity contribution in [3.63, 3.8) is 0 Å². The van der Waals surface area contributed by atoms with Gasteiger partial charge in [-0.1, -0.05) is 0 Å². The van der Waals surface area contributed by atoms with E-state index in [2.05, 4.69) is 5.10 Å². The molecule has 2 N–H and O–H groups in total. The Morgan fingerprint density at radius 1 is 1.35 bits per heavy atom. The van der Waals surface area contributed by atoms with Crippen LogP contribution in [0, 0.1) is 5.82 Å². The van der Waals surface area contributed by atoms with Gasteiger partial charge in [-0.3, -0.25) is 4.79 Å². The predicted molar refractivity (Wildman–Crippen MR) is 73.7 cm³/mol. The largest absolute Gasteiger partial charge is 0.383 e. The first-order valence-electron chi connectivity index (χ1n) is 6.21. The summed E-state index contributed by atoms with van der Waals surface area (Å²) >= 11 is 0. The van der Waals surface area contributed by atoms with E-state index >= 15 is 0 Å². The lowest BCUT2D eigenvalue weighted by molar-refractivity contribution is 0.182. The summed E-state index contributed by atoms with van der Waals surface area (Å²) in [6.07, 6.45) is 0. The second-order valence-electron chi connectivity index (χ2n) is 4.29. The van der Waals surface area contributed by atoms with Gasteiger partial charge in [0.25, 0.3) is 5.56 Å². The lowest BCUT2D eigenvalue weighted by Gasteiger charge is -2.09. The molecule has 0 radical (unpaired) electrons. The third kappa shape index (κ3) is 3.09. The number of aromatic nitrogens is 2. The standard InChI is InChI=1S/C14H16FN3O2/c1-20-7-6-18-14(19)11(9-16)8-13(17-18)10-2-4-12(15)5-3-10/h2-5,8H,6-7,9,16H2,1H3. The van der Waals surface area contributed by atoms with Gasteiger partial charge in [0.15, 0.2) is 0 Å². The number of hydrogen-bond acceptors (Lipinski definition) is 4. The van der Waals surface area contributed by atoms with Crippen LogP contribution in [-0.2, 0) is 17.8 Å². The van der Waals surface area contributed by atoms with Gasteiger partial charge in [-0.25, -0.2) is 9.07 Å². The third-order valence-corrected chi connectivity index (χ3v) is 2.92. The summed E-state index contributed by atoms with van der Waals surface area (Å²) < 4.78 is 19.2. The van der Waals surface area contributed by atoms with Crippen molar-refractivity contribution in [2.45, 2.75) is 13.1 Å². The number of nitrogens with two attached hydrogens (primary N) is 1. The Hall–Kier alpha value is -2.05. The van der Waals surface area contributed by atoms with Crippen molar-refractivity contribution in [2.24, 2.45) is 5.73 Å². The maximum absolute atomic E-state index is 12.9. The van der Waals surface area contributed by atoms with E-state index in [1.807, 2.05) is 0 Å². The molecule has 0 aliphatic heterocycles. The first-order valence-corrected chi connectivity index (χ1v) is 6.21. The normalized spacial score (nSPS) is 10.8. The van der Waals surface area contributed by atoms with Gasteiger partial charge in [0.2, 0.25) is 0 Å². The number of hydrogen-bond donors (Lipinski definition) is 1. The van der Waals surface area contributed by atoms with E-state index in [0.29, 0.717) is 24.4 Å². The highest BCUT2D eigenvalue weighted by Gasteiger charge is 2.09. The van der Waals surface area contributed by atoms with Crippen molar-refractivity contribution in [1.29, 1.82) is 0 Å². The summed E-state index contributed by atoms with van der Waals surface area (Å²) in [5.74, 6) is -0.319. The van der Waals surface area contributed by atoms with Crippen molar-refractivity contribution in [2.75, 3.05) is 13.7 Å². The Morgan fingerprint density at radius 2 is 2.05 bits per heavy atom. The van der Waals surface area contributed by atoms with Crippen molar-refractivity contribution < 1.29 is 9.13 Å². The third-order valence-electron chi connectivity index (χ3n) is 2.92. The molecular weight excluding hydrogens is 261 g/mol. The Bertz CT molecular complexity index is 638. The SMILES string of the molecule is COCCn1nc(-c2ccc(F)cc2)cc(CN)c1=O. The van der Waals surface area contributed by atoms with E-state index in [-0.39, 0.29) is 17.9 Å². The van der Waals surface area contributed by atoms with Crippen LogP contribution in [0.5, 0.6) is 0 Å². The average Bonchev–Trinajstić information content (AvgIpc) is 2.47. The van der Waals surface area contributed by atoms with Crippen LogP contribution in [0.25, 0.3) is 11.3 Å². The molecule has 0 atom stereocenters.